The first-order chi connectivity index (χ1) is 17.0. The number of benzene rings is 3. The maximum atomic E-state index is 13.0. The molecule has 0 bridgehead atoms. The van der Waals surface area contributed by atoms with E-state index in [9.17, 15) is 9.59 Å². The van der Waals surface area contributed by atoms with E-state index in [1.54, 1.807) is 24.3 Å². The van der Waals surface area contributed by atoms with Gasteiger partial charge >= 0.3 is 0 Å². The molecule has 182 valence electrons. The lowest BCUT2D eigenvalue weighted by atomic mass is 10.0. The number of likely N-dealkylation sites (tertiary alicyclic amines) is 1. The zero-order valence-electron chi connectivity index (χ0n) is 20.0. The number of halogens is 1. The van der Waals surface area contributed by atoms with E-state index in [1.165, 1.54) is 11.1 Å². The molecule has 35 heavy (non-hydrogen) atoms. The minimum Gasteiger partial charge on any atom is -0.353 e. The summed E-state index contributed by atoms with van der Waals surface area (Å²) in [7, 11) is 0. The Hall–Kier alpha value is -3.15. The minimum absolute atomic E-state index is 0.0596. The van der Waals surface area contributed by atoms with Crippen LogP contribution in [0.1, 0.15) is 52.4 Å². The molecule has 2 amide bonds. The molecule has 0 aromatic heterocycles. The summed E-state index contributed by atoms with van der Waals surface area (Å²) in [6.45, 7) is 4.99. The van der Waals surface area contributed by atoms with Gasteiger partial charge in [-0.3, -0.25) is 14.5 Å². The fraction of sp³-hybridized carbons (Fsp3) is 0.310. The van der Waals surface area contributed by atoms with Gasteiger partial charge in [0.05, 0.1) is 23.0 Å². The molecule has 3 aromatic carbocycles. The van der Waals surface area contributed by atoms with Crippen molar-refractivity contribution in [1.82, 2.24) is 15.5 Å². The first-order valence-electron chi connectivity index (χ1n) is 12.2. The van der Waals surface area contributed by atoms with Crippen molar-refractivity contribution in [3.8, 4) is 0 Å². The molecule has 4 rings (SSSR count). The summed E-state index contributed by atoms with van der Waals surface area (Å²) in [4.78, 5) is 28.3. The van der Waals surface area contributed by atoms with Gasteiger partial charge in [0.25, 0.3) is 5.91 Å². The monoisotopic (exact) mass is 489 g/mol. The quantitative estimate of drug-likeness (QED) is 0.452. The lowest BCUT2D eigenvalue weighted by Crippen LogP contribution is -2.45. The first-order valence-corrected chi connectivity index (χ1v) is 12.5. The second-order valence-corrected chi connectivity index (χ2v) is 9.57. The van der Waals surface area contributed by atoms with Crippen molar-refractivity contribution in [2.75, 3.05) is 13.1 Å². The highest BCUT2D eigenvalue weighted by molar-refractivity contribution is 6.33. The van der Waals surface area contributed by atoms with E-state index in [0.717, 1.165) is 38.0 Å². The van der Waals surface area contributed by atoms with E-state index >= 15 is 0 Å². The van der Waals surface area contributed by atoms with Gasteiger partial charge in [-0.15, -0.1) is 0 Å². The lowest BCUT2D eigenvalue weighted by molar-refractivity contribution is -0.122. The molecule has 0 saturated carbocycles. The Morgan fingerprint density at radius 3 is 2.31 bits per heavy atom. The van der Waals surface area contributed by atoms with Crippen LogP contribution in [0.15, 0.2) is 78.9 Å². The van der Waals surface area contributed by atoms with E-state index < -0.39 is 6.04 Å². The third-order valence-electron chi connectivity index (χ3n) is 6.62. The van der Waals surface area contributed by atoms with Gasteiger partial charge in [0, 0.05) is 25.7 Å². The van der Waals surface area contributed by atoms with E-state index in [1.807, 2.05) is 30.3 Å². The Morgan fingerprint density at radius 2 is 1.60 bits per heavy atom. The van der Waals surface area contributed by atoms with Gasteiger partial charge in [0.15, 0.2) is 0 Å². The van der Waals surface area contributed by atoms with Crippen molar-refractivity contribution in [3.63, 3.8) is 0 Å². The molecular formula is C29H32ClN3O2. The highest BCUT2D eigenvalue weighted by Gasteiger charge is 2.24. The van der Waals surface area contributed by atoms with E-state index in [4.69, 9.17) is 11.6 Å². The summed E-state index contributed by atoms with van der Waals surface area (Å²) >= 11 is 6.21. The van der Waals surface area contributed by atoms with Gasteiger partial charge < -0.3 is 10.6 Å². The molecule has 5 nitrogen and oxygen atoms in total. The highest BCUT2D eigenvalue weighted by atomic mass is 35.5. The van der Waals surface area contributed by atoms with Crippen LogP contribution in [0.2, 0.25) is 5.02 Å². The maximum Gasteiger partial charge on any atom is 0.253 e. The molecular weight excluding hydrogens is 458 g/mol. The molecule has 0 aliphatic carbocycles. The first kappa shape index (κ1) is 25.0. The Balaban J connectivity index is 1.33. The fourth-order valence-corrected chi connectivity index (χ4v) is 4.78. The van der Waals surface area contributed by atoms with Crippen molar-refractivity contribution < 1.29 is 9.59 Å². The van der Waals surface area contributed by atoms with E-state index in [2.05, 4.69) is 46.7 Å². The number of aryl methyl sites for hydroxylation is 1. The predicted octanol–water partition coefficient (Wildman–Crippen LogP) is 5.29. The summed E-state index contributed by atoms with van der Waals surface area (Å²) in [5.41, 5.74) is 3.95. The van der Waals surface area contributed by atoms with Crippen LogP contribution in [-0.2, 0) is 11.3 Å². The number of carbonyl (C=O) groups excluding carboxylic acids is 2. The van der Waals surface area contributed by atoms with Crippen LogP contribution in [0, 0.1) is 6.92 Å². The second-order valence-electron chi connectivity index (χ2n) is 9.17. The fourth-order valence-electron chi connectivity index (χ4n) is 4.55. The number of hydrogen-bond donors (Lipinski definition) is 2. The van der Waals surface area contributed by atoms with Crippen LogP contribution >= 0.6 is 11.6 Å². The van der Waals surface area contributed by atoms with Crippen LogP contribution in [0.4, 0.5) is 0 Å². The third-order valence-corrected chi connectivity index (χ3v) is 6.95. The largest absolute Gasteiger partial charge is 0.353 e. The van der Waals surface area contributed by atoms with Crippen molar-refractivity contribution >= 4 is 23.4 Å². The van der Waals surface area contributed by atoms with Gasteiger partial charge in [-0.1, -0.05) is 78.3 Å². The van der Waals surface area contributed by atoms with Gasteiger partial charge in [-0.05, 0) is 48.6 Å². The van der Waals surface area contributed by atoms with Gasteiger partial charge in [-0.2, -0.15) is 0 Å². The minimum atomic E-state index is -0.443. The van der Waals surface area contributed by atoms with Gasteiger partial charge in [0.1, 0.15) is 0 Å². The van der Waals surface area contributed by atoms with Crippen molar-refractivity contribution in [1.29, 1.82) is 0 Å². The number of piperidine rings is 1. The maximum absolute atomic E-state index is 13.0. The normalized spacial score (nSPS) is 15.4. The average molecular weight is 490 g/mol. The van der Waals surface area contributed by atoms with Crippen LogP contribution in [0.3, 0.4) is 0 Å². The Kier molecular flexibility index (Phi) is 8.56. The molecule has 1 heterocycles. The second kappa shape index (κ2) is 12.0. The Bertz CT molecular complexity index is 1140. The zero-order valence-corrected chi connectivity index (χ0v) is 20.8. The summed E-state index contributed by atoms with van der Waals surface area (Å²) in [5.74, 6) is -0.350. The molecule has 6 heteroatoms. The third kappa shape index (κ3) is 6.93. The smallest absolute Gasteiger partial charge is 0.253 e. The van der Waals surface area contributed by atoms with Gasteiger partial charge in [-0.25, -0.2) is 0 Å². The highest BCUT2D eigenvalue weighted by Crippen LogP contribution is 2.21. The molecule has 1 saturated heterocycles. The summed E-state index contributed by atoms with van der Waals surface area (Å²) in [6, 6.07) is 24.7. The van der Waals surface area contributed by atoms with Crippen LogP contribution in [0.5, 0.6) is 0 Å². The van der Waals surface area contributed by atoms with Crippen LogP contribution < -0.4 is 10.6 Å². The molecule has 0 radical (unpaired) electrons. The summed E-state index contributed by atoms with van der Waals surface area (Å²) in [6.07, 6.45) is 2.00. The van der Waals surface area contributed by atoms with Crippen molar-refractivity contribution in [2.24, 2.45) is 0 Å². The molecule has 1 atom stereocenters. The number of hydrogen-bond acceptors (Lipinski definition) is 3. The number of nitrogens with zero attached hydrogens (tertiary/aromatic N) is 1. The van der Waals surface area contributed by atoms with Crippen molar-refractivity contribution in [3.05, 3.63) is 106 Å². The molecule has 1 aliphatic rings. The number of rotatable bonds is 8. The SMILES string of the molecule is Cc1ccccc1CN1CCC(NC(=O)CC(NC(=O)c2ccccc2Cl)c2ccccc2)CC1. The predicted molar refractivity (Wildman–Crippen MR) is 140 cm³/mol. The van der Waals surface area contributed by atoms with Crippen molar-refractivity contribution in [2.45, 2.75) is 44.8 Å². The molecule has 1 unspecified atom stereocenters. The van der Waals surface area contributed by atoms with E-state index in [-0.39, 0.29) is 24.3 Å². The summed E-state index contributed by atoms with van der Waals surface area (Å²) in [5, 5.41) is 6.59. The molecule has 0 spiro atoms. The zero-order chi connectivity index (χ0) is 24.6. The number of amides is 2. The lowest BCUT2D eigenvalue weighted by Gasteiger charge is -2.33. The molecule has 1 fully saturated rings. The molecule has 3 aromatic rings. The van der Waals surface area contributed by atoms with E-state index in [0.29, 0.717) is 10.6 Å². The topological polar surface area (TPSA) is 61.4 Å². The Morgan fingerprint density at radius 1 is 0.943 bits per heavy atom. The number of nitrogens with one attached hydrogen (secondary N) is 2. The van der Waals surface area contributed by atoms with Crippen LogP contribution in [-0.4, -0.2) is 35.8 Å². The van der Waals surface area contributed by atoms with Crippen LogP contribution in [0.25, 0.3) is 0 Å². The summed E-state index contributed by atoms with van der Waals surface area (Å²) < 4.78 is 0. The Labute approximate surface area is 212 Å². The average Bonchev–Trinajstić information content (AvgIpc) is 2.87. The molecule has 1 aliphatic heterocycles. The molecule has 2 N–H and O–H groups in total. The number of carbonyl (C=O) groups is 2. The standard InChI is InChI=1S/C29H32ClN3O2/c1-21-9-5-6-12-23(21)20-33-17-15-24(16-18-33)31-28(34)19-27(22-10-3-2-4-11-22)32-29(35)25-13-7-8-14-26(25)30/h2-14,24,27H,15-20H2,1H3,(H,31,34)(H,32,35). The van der Waals surface area contributed by atoms with Gasteiger partial charge in [0.2, 0.25) is 5.91 Å².